The third-order valence-electron chi connectivity index (χ3n) is 3.43. The molecule has 0 saturated carbocycles. The lowest BCUT2D eigenvalue weighted by Crippen LogP contribution is -2.27. The Bertz CT molecular complexity index is 631. The Hall–Kier alpha value is -2.17. The van der Waals surface area contributed by atoms with Gasteiger partial charge in [-0.25, -0.2) is 9.18 Å². The van der Waals surface area contributed by atoms with Gasteiger partial charge in [-0.3, -0.25) is 4.79 Å². The molecule has 1 aromatic carbocycles. The molecule has 0 radical (unpaired) electrons. The van der Waals surface area contributed by atoms with E-state index in [0.29, 0.717) is 5.56 Å². The number of halogens is 1. The van der Waals surface area contributed by atoms with E-state index in [1.54, 1.807) is 13.8 Å². The Morgan fingerprint density at radius 3 is 2.70 bits per heavy atom. The van der Waals surface area contributed by atoms with Crippen molar-refractivity contribution in [3.63, 3.8) is 0 Å². The second-order valence-corrected chi connectivity index (χ2v) is 4.68. The van der Waals surface area contributed by atoms with Crippen molar-refractivity contribution < 1.29 is 23.8 Å². The number of Topliss-reactive ketones (excluding diaryl/α,β-unsaturated/α-hetero) is 1. The Morgan fingerprint density at radius 1 is 1.45 bits per heavy atom. The molecule has 0 aliphatic heterocycles. The van der Waals surface area contributed by atoms with E-state index in [1.807, 2.05) is 0 Å². The molecule has 0 heterocycles. The first-order valence-electron chi connectivity index (χ1n) is 6.34. The number of hydrogen-bond acceptors (Lipinski definition) is 4. The molecule has 0 amide bonds. The Balaban J connectivity index is 2.73. The fourth-order valence-corrected chi connectivity index (χ4v) is 2.43. The minimum absolute atomic E-state index is 0.0895. The summed E-state index contributed by atoms with van der Waals surface area (Å²) in [5.74, 6) is -3.41. The van der Waals surface area contributed by atoms with Gasteiger partial charge in [0.05, 0.1) is 6.61 Å². The van der Waals surface area contributed by atoms with Gasteiger partial charge in [0, 0.05) is 17.0 Å². The van der Waals surface area contributed by atoms with Gasteiger partial charge in [-0.05, 0) is 25.5 Å². The quantitative estimate of drug-likeness (QED) is 0.667. The van der Waals surface area contributed by atoms with Crippen LogP contribution in [0, 0.1) is 12.7 Å². The Kier molecular flexibility index (Phi) is 3.61. The van der Waals surface area contributed by atoms with Crippen LogP contribution in [0.3, 0.4) is 0 Å². The summed E-state index contributed by atoms with van der Waals surface area (Å²) in [6, 6.07) is 2.75. The zero-order chi connectivity index (χ0) is 15.0. The number of aliphatic hydroxyl groups excluding tert-OH is 1. The second-order valence-electron chi connectivity index (χ2n) is 4.68. The predicted octanol–water partition coefficient (Wildman–Crippen LogP) is 2.65. The number of aliphatic hydroxyl groups is 1. The van der Waals surface area contributed by atoms with Crippen molar-refractivity contribution in [2.75, 3.05) is 6.61 Å². The Labute approximate surface area is 115 Å². The van der Waals surface area contributed by atoms with Crippen LogP contribution >= 0.6 is 0 Å². The van der Waals surface area contributed by atoms with E-state index >= 15 is 0 Å². The number of ketones is 1. The van der Waals surface area contributed by atoms with Crippen LogP contribution in [0.1, 0.15) is 36.5 Å². The van der Waals surface area contributed by atoms with Gasteiger partial charge in [-0.15, -0.1) is 0 Å². The molecule has 106 valence electrons. The number of esters is 1. The van der Waals surface area contributed by atoms with Crippen LogP contribution in [0.15, 0.2) is 17.7 Å². The smallest absolute Gasteiger partial charge is 0.345 e. The van der Waals surface area contributed by atoms with Crippen molar-refractivity contribution in [2.24, 2.45) is 0 Å². The maximum Gasteiger partial charge on any atom is 0.345 e. The topological polar surface area (TPSA) is 63.6 Å². The van der Waals surface area contributed by atoms with Crippen LogP contribution in [0.25, 0.3) is 5.76 Å². The molecule has 1 aliphatic carbocycles. The number of hydrogen-bond donors (Lipinski definition) is 1. The summed E-state index contributed by atoms with van der Waals surface area (Å²) in [7, 11) is 0. The molecule has 1 atom stereocenters. The van der Waals surface area contributed by atoms with Crippen LogP contribution in [-0.2, 0) is 14.3 Å². The van der Waals surface area contributed by atoms with Gasteiger partial charge < -0.3 is 9.84 Å². The van der Waals surface area contributed by atoms with E-state index in [4.69, 9.17) is 4.74 Å². The summed E-state index contributed by atoms with van der Waals surface area (Å²) >= 11 is 0. The van der Waals surface area contributed by atoms with E-state index in [2.05, 4.69) is 0 Å². The van der Waals surface area contributed by atoms with Gasteiger partial charge in [-0.2, -0.15) is 0 Å². The number of carbonyl (C=O) groups is 2. The SMILES string of the molecule is CCOC(=O)C1=C(O)c2c(C)ccc(F)c2C(C)C1=O. The van der Waals surface area contributed by atoms with E-state index in [1.165, 1.54) is 19.1 Å². The van der Waals surface area contributed by atoms with Gasteiger partial charge in [0.1, 0.15) is 17.1 Å². The highest BCUT2D eigenvalue weighted by molar-refractivity contribution is 6.25. The average molecular weight is 278 g/mol. The standard InChI is InChI=1S/C15H15FO4/c1-4-20-15(19)12-13(17)8(3)11-9(16)6-5-7(2)10(11)14(12)18/h5-6,8,18H,4H2,1-3H3. The maximum atomic E-state index is 13.9. The summed E-state index contributed by atoms with van der Waals surface area (Å²) in [6.07, 6.45) is 0. The fraction of sp³-hybridized carbons (Fsp3) is 0.333. The first-order chi connectivity index (χ1) is 9.40. The van der Waals surface area contributed by atoms with Gasteiger partial charge in [0.2, 0.25) is 0 Å². The summed E-state index contributed by atoms with van der Waals surface area (Å²) < 4.78 is 18.7. The summed E-state index contributed by atoms with van der Waals surface area (Å²) in [6.45, 7) is 4.88. The van der Waals surface area contributed by atoms with Crippen molar-refractivity contribution in [3.05, 3.63) is 40.2 Å². The largest absolute Gasteiger partial charge is 0.506 e. The van der Waals surface area contributed by atoms with Crippen LogP contribution in [0.2, 0.25) is 0 Å². The van der Waals surface area contributed by atoms with Crippen molar-refractivity contribution in [1.29, 1.82) is 0 Å². The zero-order valence-corrected chi connectivity index (χ0v) is 11.5. The minimum Gasteiger partial charge on any atom is -0.506 e. The number of carbonyl (C=O) groups excluding carboxylic acids is 2. The predicted molar refractivity (Wildman–Crippen MR) is 70.7 cm³/mol. The highest BCUT2D eigenvalue weighted by Crippen LogP contribution is 2.38. The van der Waals surface area contributed by atoms with E-state index < -0.39 is 34.8 Å². The monoisotopic (exact) mass is 278 g/mol. The number of benzene rings is 1. The summed E-state index contributed by atoms with van der Waals surface area (Å²) in [5, 5.41) is 10.2. The van der Waals surface area contributed by atoms with Gasteiger partial charge >= 0.3 is 5.97 Å². The third kappa shape index (κ3) is 1.99. The first-order valence-corrected chi connectivity index (χ1v) is 6.34. The molecule has 0 fully saturated rings. The lowest BCUT2D eigenvalue weighted by atomic mass is 9.80. The highest BCUT2D eigenvalue weighted by atomic mass is 19.1. The van der Waals surface area contributed by atoms with Crippen LogP contribution in [0.5, 0.6) is 0 Å². The molecular formula is C15H15FO4. The number of fused-ring (bicyclic) bond motifs is 1. The molecule has 0 aromatic heterocycles. The normalized spacial score (nSPS) is 18.0. The van der Waals surface area contributed by atoms with Crippen molar-refractivity contribution in [2.45, 2.75) is 26.7 Å². The summed E-state index contributed by atoms with van der Waals surface area (Å²) in [4.78, 5) is 24.0. The molecule has 1 aliphatic rings. The van der Waals surface area contributed by atoms with Gasteiger partial charge in [0.25, 0.3) is 0 Å². The number of rotatable bonds is 2. The molecule has 0 bridgehead atoms. The van der Waals surface area contributed by atoms with Crippen molar-refractivity contribution in [3.8, 4) is 0 Å². The minimum atomic E-state index is -0.879. The molecule has 4 nitrogen and oxygen atoms in total. The lowest BCUT2D eigenvalue weighted by molar-refractivity contribution is -0.140. The second kappa shape index (κ2) is 5.07. The fourth-order valence-electron chi connectivity index (χ4n) is 2.43. The molecule has 1 unspecified atom stereocenters. The van der Waals surface area contributed by atoms with Crippen LogP contribution in [-0.4, -0.2) is 23.5 Å². The molecular weight excluding hydrogens is 263 g/mol. The highest BCUT2D eigenvalue weighted by Gasteiger charge is 2.38. The van der Waals surface area contributed by atoms with Crippen molar-refractivity contribution in [1.82, 2.24) is 0 Å². The Morgan fingerprint density at radius 2 is 2.10 bits per heavy atom. The average Bonchev–Trinajstić information content (AvgIpc) is 2.39. The zero-order valence-electron chi connectivity index (χ0n) is 11.5. The molecule has 1 aromatic rings. The maximum absolute atomic E-state index is 13.9. The van der Waals surface area contributed by atoms with E-state index in [-0.39, 0.29) is 17.7 Å². The van der Waals surface area contributed by atoms with Crippen LogP contribution < -0.4 is 0 Å². The molecule has 1 N–H and O–H groups in total. The summed E-state index contributed by atoms with van der Waals surface area (Å²) in [5.41, 5.74) is 0.529. The molecule has 2 rings (SSSR count). The molecule has 0 spiro atoms. The molecule has 20 heavy (non-hydrogen) atoms. The third-order valence-corrected chi connectivity index (χ3v) is 3.43. The number of ether oxygens (including phenoxy) is 1. The molecule has 0 saturated heterocycles. The molecule has 5 heteroatoms. The van der Waals surface area contributed by atoms with Crippen LogP contribution in [0.4, 0.5) is 4.39 Å². The lowest BCUT2D eigenvalue weighted by Gasteiger charge is -2.24. The van der Waals surface area contributed by atoms with E-state index in [0.717, 1.165) is 0 Å². The first kappa shape index (κ1) is 14.2. The van der Waals surface area contributed by atoms with E-state index in [9.17, 15) is 19.1 Å². The van der Waals surface area contributed by atoms with Gasteiger partial charge in [-0.1, -0.05) is 13.0 Å². The van der Waals surface area contributed by atoms with Crippen molar-refractivity contribution >= 4 is 17.5 Å². The number of aryl methyl sites for hydroxylation is 1. The van der Waals surface area contributed by atoms with Gasteiger partial charge in [0.15, 0.2) is 5.78 Å².